The number of rotatable bonds is 5. The summed E-state index contributed by atoms with van der Waals surface area (Å²) in [7, 11) is -3.34. The molecule has 1 atom stereocenters. The molecule has 4 aromatic rings. The number of hydrogen-bond acceptors (Lipinski definition) is 6. The first kappa shape index (κ1) is 18.9. The third-order valence-corrected chi connectivity index (χ3v) is 6.46. The lowest BCUT2D eigenvalue weighted by Crippen LogP contribution is -2.13. The largest absolute Gasteiger partial charge is 0.359 e. The molecule has 0 aliphatic heterocycles. The number of thiophene rings is 1. The van der Waals surface area contributed by atoms with E-state index in [0.29, 0.717) is 21.7 Å². The van der Waals surface area contributed by atoms with Crippen LogP contribution in [-0.2, 0) is 9.84 Å². The molecule has 0 aliphatic carbocycles. The van der Waals surface area contributed by atoms with Crippen LogP contribution in [0.4, 0.5) is 5.82 Å². The average molecular weight is 430 g/mol. The van der Waals surface area contributed by atoms with E-state index in [-0.39, 0.29) is 10.9 Å². The second-order valence-corrected chi connectivity index (χ2v) is 9.59. The highest BCUT2D eigenvalue weighted by Gasteiger charge is 2.18. The SMILES string of the molecule is CS(=O)(=O)c1ccc2ncnc(NC(c3ccc(Cl)cc3)c3ccsc3)c2c1. The number of benzene rings is 2. The van der Waals surface area contributed by atoms with Gasteiger partial charge in [0.1, 0.15) is 12.1 Å². The van der Waals surface area contributed by atoms with Crippen LogP contribution in [0, 0.1) is 0 Å². The second kappa shape index (κ2) is 7.50. The van der Waals surface area contributed by atoms with Gasteiger partial charge in [0, 0.05) is 16.7 Å². The van der Waals surface area contributed by atoms with Crippen molar-refractivity contribution in [1.29, 1.82) is 0 Å². The second-order valence-electron chi connectivity index (χ2n) is 6.36. The van der Waals surface area contributed by atoms with E-state index in [0.717, 1.165) is 11.1 Å². The minimum atomic E-state index is -3.34. The van der Waals surface area contributed by atoms with Crippen molar-refractivity contribution in [2.45, 2.75) is 10.9 Å². The van der Waals surface area contributed by atoms with Crippen molar-refractivity contribution in [2.24, 2.45) is 0 Å². The van der Waals surface area contributed by atoms with E-state index in [1.165, 1.54) is 12.6 Å². The van der Waals surface area contributed by atoms with E-state index in [1.54, 1.807) is 29.5 Å². The fourth-order valence-corrected chi connectivity index (χ4v) is 4.43. The van der Waals surface area contributed by atoms with Gasteiger partial charge in [-0.25, -0.2) is 18.4 Å². The molecule has 0 saturated heterocycles. The molecule has 0 saturated carbocycles. The molecule has 4 rings (SSSR count). The molecule has 2 aromatic heterocycles. The number of halogens is 1. The van der Waals surface area contributed by atoms with Crippen molar-refractivity contribution in [3.8, 4) is 0 Å². The topological polar surface area (TPSA) is 72.0 Å². The maximum Gasteiger partial charge on any atom is 0.175 e. The first-order chi connectivity index (χ1) is 13.4. The summed E-state index contributed by atoms with van der Waals surface area (Å²) in [5, 5.41) is 8.85. The maximum atomic E-state index is 12.0. The molecule has 1 unspecified atom stereocenters. The quantitative estimate of drug-likeness (QED) is 0.486. The van der Waals surface area contributed by atoms with Gasteiger partial charge in [-0.2, -0.15) is 11.3 Å². The predicted molar refractivity (Wildman–Crippen MR) is 114 cm³/mol. The summed E-state index contributed by atoms with van der Waals surface area (Å²) in [5.74, 6) is 0.571. The highest BCUT2D eigenvalue weighted by atomic mass is 35.5. The zero-order chi connectivity index (χ0) is 19.7. The number of nitrogens with zero attached hydrogens (tertiary/aromatic N) is 2. The van der Waals surface area contributed by atoms with Crippen LogP contribution in [0.2, 0.25) is 5.02 Å². The van der Waals surface area contributed by atoms with Crippen molar-refractivity contribution in [3.63, 3.8) is 0 Å². The number of fused-ring (bicyclic) bond motifs is 1. The van der Waals surface area contributed by atoms with E-state index in [9.17, 15) is 8.42 Å². The molecule has 8 heteroatoms. The van der Waals surface area contributed by atoms with Crippen molar-refractivity contribution in [2.75, 3.05) is 11.6 Å². The average Bonchev–Trinajstić information content (AvgIpc) is 3.20. The summed E-state index contributed by atoms with van der Waals surface area (Å²) in [6.45, 7) is 0. The highest BCUT2D eigenvalue weighted by molar-refractivity contribution is 7.90. The third kappa shape index (κ3) is 3.87. The van der Waals surface area contributed by atoms with Crippen molar-refractivity contribution in [1.82, 2.24) is 9.97 Å². The zero-order valence-electron chi connectivity index (χ0n) is 14.8. The Kier molecular flexibility index (Phi) is 5.05. The monoisotopic (exact) mass is 429 g/mol. The zero-order valence-corrected chi connectivity index (χ0v) is 17.2. The van der Waals surface area contributed by atoms with Gasteiger partial charge in [-0.1, -0.05) is 23.7 Å². The number of hydrogen-bond donors (Lipinski definition) is 1. The van der Waals surface area contributed by atoms with E-state index >= 15 is 0 Å². The summed E-state index contributed by atoms with van der Waals surface area (Å²) in [4.78, 5) is 8.87. The van der Waals surface area contributed by atoms with Crippen molar-refractivity contribution < 1.29 is 8.42 Å². The van der Waals surface area contributed by atoms with Gasteiger partial charge in [0.05, 0.1) is 16.5 Å². The Morgan fingerprint density at radius 1 is 1.04 bits per heavy atom. The minimum absolute atomic E-state index is 0.163. The molecule has 0 spiro atoms. The third-order valence-electron chi connectivity index (χ3n) is 4.40. The summed E-state index contributed by atoms with van der Waals surface area (Å²) < 4.78 is 24.0. The summed E-state index contributed by atoms with van der Waals surface area (Å²) in [6, 6.07) is 14.4. The number of anilines is 1. The molecule has 0 bridgehead atoms. The van der Waals surface area contributed by atoms with Crippen LogP contribution in [0.25, 0.3) is 10.9 Å². The van der Waals surface area contributed by atoms with Crippen LogP contribution >= 0.6 is 22.9 Å². The van der Waals surface area contributed by atoms with Gasteiger partial charge in [-0.15, -0.1) is 0 Å². The standard InChI is InChI=1S/C20H16ClN3O2S2/c1-28(25,26)16-6-7-18-17(10-16)20(23-12-22-18)24-19(14-8-9-27-11-14)13-2-4-15(21)5-3-13/h2-12,19H,1H3,(H,22,23,24). The Labute approximate surface area is 172 Å². The lowest BCUT2D eigenvalue weighted by atomic mass is 10.0. The molecule has 5 nitrogen and oxygen atoms in total. The maximum absolute atomic E-state index is 12.0. The molecule has 0 radical (unpaired) electrons. The molecule has 28 heavy (non-hydrogen) atoms. The van der Waals surface area contributed by atoms with Crippen LogP contribution < -0.4 is 5.32 Å². The summed E-state index contributed by atoms with van der Waals surface area (Å²) >= 11 is 7.65. The highest BCUT2D eigenvalue weighted by Crippen LogP contribution is 2.31. The van der Waals surface area contributed by atoms with E-state index in [2.05, 4.69) is 20.7 Å². The lowest BCUT2D eigenvalue weighted by Gasteiger charge is -2.20. The van der Waals surface area contributed by atoms with Crippen LogP contribution in [0.15, 0.2) is 70.5 Å². The first-order valence-corrected chi connectivity index (χ1v) is 11.6. The van der Waals surface area contributed by atoms with Crippen LogP contribution in [0.3, 0.4) is 0 Å². The number of nitrogens with one attached hydrogen (secondary N) is 1. The van der Waals surface area contributed by atoms with E-state index < -0.39 is 9.84 Å². The van der Waals surface area contributed by atoms with Gasteiger partial charge in [0.2, 0.25) is 0 Å². The smallest absolute Gasteiger partial charge is 0.175 e. The van der Waals surface area contributed by atoms with Crippen LogP contribution in [0.1, 0.15) is 17.2 Å². The van der Waals surface area contributed by atoms with E-state index in [4.69, 9.17) is 11.6 Å². The van der Waals surface area contributed by atoms with Gasteiger partial charge < -0.3 is 5.32 Å². The molecule has 2 aromatic carbocycles. The predicted octanol–water partition coefficient (Wildman–Crippen LogP) is 4.95. The first-order valence-electron chi connectivity index (χ1n) is 8.41. The molecule has 1 N–H and O–H groups in total. The fourth-order valence-electron chi connectivity index (χ4n) is 2.97. The fraction of sp³-hybridized carbons (Fsp3) is 0.100. The Morgan fingerprint density at radius 3 is 2.50 bits per heavy atom. The lowest BCUT2D eigenvalue weighted by molar-refractivity contribution is 0.602. The van der Waals surface area contributed by atoms with E-state index in [1.807, 2.05) is 35.7 Å². The van der Waals surface area contributed by atoms with Gasteiger partial charge in [0.15, 0.2) is 9.84 Å². The van der Waals surface area contributed by atoms with Crippen molar-refractivity contribution in [3.05, 3.63) is 81.8 Å². The van der Waals surface area contributed by atoms with Gasteiger partial charge in [0.25, 0.3) is 0 Å². The summed E-state index contributed by atoms with van der Waals surface area (Å²) in [6.07, 6.45) is 2.66. The van der Waals surface area contributed by atoms with Crippen LogP contribution in [0.5, 0.6) is 0 Å². The molecule has 0 fully saturated rings. The van der Waals surface area contributed by atoms with Gasteiger partial charge in [-0.05, 0) is 58.3 Å². The molecule has 2 heterocycles. The van der Waals surface area contributed by atoms with Crippen LogP contribution in [-0.4, -0.2) is 24.6 Å². The number of sulfone groups is 1. The molecule has 142 valence electrons. The van der Waals surface area contributed by atoms with Gasteiger partial charge >= 0.3 is 0 Å². The normalized spacial score (nSPS) is 12.8. The molecule has 0 aliphatic rings. The molecular weight excluding hydrogens is 414 g/mol. The van der Waals surface area contributed by atoms with Gasteiger partial charge in [-0.3, -0.25) is 0 Å². The molecule has 0 amide bonds. The Morgan fingerprint density at radius 2 is 1.82 bits per heavy atom. The Bertz CT molecular complexity index is 1220. The Balaban J connectivity index is 1.82. The number of aromatic nitrogens is 2. The molecular formula is C20H16ClN3O2S2. The minimum Gasteiger partial charge on any atom is -0.359 e. The summed E-state index contributed by atoms with van der Waals surface area (Å²) in [5.41, 5.74) is 2.78. The van der Waals surface area contributed by atoms with Crippen molar-refractivity contribution >= 4 is 49.5 Å². The Hall–Kier alpha value is -2.48.